The van der Waals surface area contributed by atoms with Crippen molar-refractivity contribution in [2.75, 3.05) is 25.0 Å². The molecule has 0 radical (unpaired) electrons. The summed E-state index contributed by atoms with van der Waals surface area (Å²) in [6.07, 6.45) is 7.13. The molecule has 0 aromatic carbocycles. The van der Waals surface area contributed by atoms with Crippen molar-refractivity contribution in [3.63, 3.8) is 0 Å². The molecule has 2 aliphatic rings. The van der Waals surface area contributed by atoms with E-state index in [-0.39, 0.29) is 0 Å². The Bertz CT molecular complexity index is 794. The van der Waals surface area contributed by atoms with Crippen LogP contribution in [0.2, 0.25) is 0 Å². The predicted octanol–water partition coefficient (Wildman–Crippen LogP) is 1.90. The van der Waals surface area contributed by atoms with Gasteiger partial charge in [-0.15, -0.1) is 0 Å². The molecule has 0 spiro atoms. The van der Waals surface area contributed by atoms with Crippen LogP contribution in [0.5, 0.6) is 0 Å². The van der Waals surface area contributed by atoms with E-state index in [2.05, 4.69) is 31.9 Å². The first kappa shape index (κ1) is 16.3. The number of anilines is 1. The molecule has 1 saturated carbocycles. The van der Waals surface area contributed by atoms with Gasteiger partial charge in [-0.05, 0) is 19.8 Å². The number of nitrogens with zero attached hydrogens (tertiary/aromatic N) is 6. The van der Waals surface area contributed by atoms with Crippen molar-refractivity contribution in [1.29, 1.82) is 0 Å². The summed E-state index contributed by atoms with van der Waals surface area (Å²) in [6, 6.07) is 0.481. The van der Waals surface area contributed by atoms with Crippen LogP contribution in [0.1, 0.15) is 37.8 Å². The second kappa shape index (κ2) is 6.28. The van der Waals surface area contributed by atoms with E-state index in [4.69, 9.17) is 0 Å². The zero-order valence-corrected chi connectivity index (χ0v) is 15.3. The minimum absolute atomic E-state index is 0.329. The minimum atomic E-state index is 0.329. The lowest BCUT2D eigenvalue weighted by Gasteiger charge is -2.26. The molecule has 3 heterocycles. The van der Waals surface area contributed by atoms with Crippen LogP contribution in [-0.2, 0) is 11.8 Å². The largest absolute Gasteiger partial charge is 0.359 e. The van der Waals surface area contributed by atoms with Crippen LogP contribution in [0, 0.1) is 12.8 Å². The molecule has 0 N–H and O–H groups in total. The molecule has 0 bridgehead atoms. The quantitative estimate of drug-likeness (QED) is 0.849. The number of carbonyl (C=O) groups excluding carboxylic acids is 1. The summed E-state index contributed by atoms with van der Waals surface area (Å²) >= 11 is 0. The van der Waals surface area contributed by atoms with Crippen LogP contribution in [0.4, 0.5) is 5.82 Å². The first-order valence-electron chi connectivity index (χ1n) is 9.19. The Morgan fingerprint density at radius 2 is 2.04 bits per heavy atom. The van der Waals surface area contributed by atoms with Gasteiger partial charge in [-0.25, -0.2) is 9.97 Å². The molecule has 1 aliphatic carbocycles. The number of hydrogen-bond acceptors (Lipinski definition) is 5. The van der Waals surface area contributed by atoms with Gasteiger partial charge in [0, 0.05) is 45.6 Å². The maximum Gasteiger partial charge on any atom is 0.223 e. The first-order chi connectivity index (χ1) is 12.0. The number of carbonyl (C=O) groups is 1. The van der Waals surface area contributed by atoms with E-state index >= 15 is 0 Å². The minimum Gasteiger partial charge on any atom is -0.359 e. The summed E-state index contributed by atoms with van der Waals surface area (Å²) in [4.78, 5) is 25.6. The Balaban J connectivity index is 1.51. The molecule has 25 heavy (non-hydrogen) atoms. The van der Waals surface area contributed by atoms with E-state index in [1.807, 2.05) is 14.0 Å². The smallest absolute Gasteiger partial charge is 0.223 e. The van der Waals surface area contributed by atoms with E-state index in [9.17, 15) is 4.79 Å². The predicted molar refractivity (Wildman–Crippen MR) is 96.4 cm³/mol. The molecule has 1 aliphatic heterocycles. The molecule has 7 heteroatoms. The SMILES string of the molecule is Cc1nn(C)c2ncnc(N(C)CC3CC(=O)N(C4CCCC4)C3)c12. The van der Waals surface area contributed by atoms with Gasteiger partial charge in [0.15, 0.2) is 5.65 Å². The molecular formula is C18H26N6O. The van der Waals surface area contributed by atoms with Gasteiger partial charge in [-0.1, -0.05) is 12.8 Å². The molecule has 1 atom stereocenters. The standard InChI is InChI=1S/C18H26N6O/c1-12-16-17(19-11-20-18(16)23(3)21-12)22(2)9-13-8-15(25)24(10-13)14-6-4-5-7-14/h11,13-14H,4-10H2,1-3H3. The van der Waals surface area contributed by atoms with Gasteiger partial charge in [0.25, 0.3) is 0 Å². The van der Waals surface area contributed by atoms with Crippen molar-refractivity contribution in [3.05, 3.63) is 12.0 Å². The fourth-order valence-electron chi connectivity index (χ4n) is 4.52. The fraction of sp³-hybridized carbons (Fsp3) is 0.667. The number of aromatic nitrogens is 4. The Morgan fingerprint density at radius 3 is 2.80 bits per heavy atom. The van der Waals surface area contributed by atoms with Crippen molar-refractivity contribution >= 4 is 22.8 Å². The number of hydrogen-bond donors (Lipinski definition) is 0. The summed E-state index contributed by atoms with van der Waals surface area (Å²) in [6.45, 7) is 3.70. The van der Waals surface area contributed by atoms with E-state index in [0.717, 1.165) is 35.6 Å². The van der Waals surface area contributed by atoms with Crippen LogP contribution in [0.3, 0.4) is 0 Å². The second-order valence-corrected chi connectivity index (χ2v) is 7.54. The Hall–Kier alpha value is -2.18. The Labute approximate surface area is 148 Å². The third-order valence-electron chi connectivity index (χ3n) is 5.67. The van der Waals surface area contributed by atoms with Crippen LogP contribution < -0.4 is 4.90 Å². The number of amides is 1. The normalized spacial score (nSPS) is 21.6. The van der Waals surface area contributed by atoms with Crippen LogP contribution >= 0.6 is 0 Å². The van der Waals surface area contributed by atoms with Crippen molar-refractivity contribution in [1.82, 2.24) is 24.6 Å². The van der Waals surface area contributed by atoms with E-state index in [1.54, 1.807) is 11.0 Å². The fourth-order valence-corrected chi connectivity index (χ4v) is 4.52. The molecule has 2 aromatic heterocycles. The number of fused-ring (bicyclic) bond motifs is 1. The summed E-state index contributed by atoms with van der Waals surface area (Å²) in [5.41, 5.74) is 1.79. The molecule has 1 unspecified atom stereocenters. The molecule has 7 nitrogen and oxygen atoms in total. The summed E-state index contributed by atoms with van der Waals surface area (Å²) < 4.78 is 1.80. The molecular weight excluding hydrogens is 316 g/mol. The van der Waals surface area contributed by atoms with E-state index < -0.39 is 0 Å². The molecule has 4 rings (SSSR count). The van der Waals surface area contributed by atoms with Gasteiger partial charge >= 0.3 is 0 Å². The Kier molecular flexibility index (Phi) is 4.09. The van der Waals surface area contributed by atoms with Gasteiger partial charge in [-0.3, -0.25) is 9.48 Å². The van der Waals surface area contributed by atoms with Gasteiger partial charge < -0.3 is 9.80 Å². The van der Waals surface area contributed by atoms with Crippen LogP contribution in [0.15, 0.2) is 6.33 Å². The first-order valence-corrected chi connectivity index (χ1v) is 9.19. The highest BCUT2D eigenvalue weighted by Gasteiger charge is 2.36. The third-order valence-corrected chi connectivity index (χ3v) is 5.67. The number of likely N-dealkylation sites (tertiary alicyclic amines) is 1. The molecule has 2 aromatic rings. The van der Waals surface area contributed by atoms with E-state index in [0.29, 0.717) is 24.3 Å². The molecule has 1 saturated heterocycles. The summed E-state index contributed by atoms with van der Waals surface area (Å²) in [5.74, 6) is 1.60. The van der Waals surface area contributed by atoms with Gasteiger partial charge in [-0.2, -0.15) is 5.10 Å². The maximum atomic E-state index is 12.4. The molecule has 2 fully saturated rings. The van der Waals surface area contributed by atoms with Crippen molar-refractivity contribution < 1.29 is 4.79 Å². The molecule has 1 amide bonds. The zero-order valence-electron chi connectivity index (χ0n) is 15.3. The van der Waals surface area contributed by atoms with Gasteiger partial charge in [0.1, 0.15) is 12.1 Å². The molecule has 134 valence electrons. The summed E-state index contributed by atoms with van der Waals surface area (Å²) in [5, 5.41) is 5.47. The highest BCUT2D eigenvalue weighted by Crippen LogP contribution is 2.31. The van der Waals surface area contributed by atoms with Gasteiger partial charge in [0.05, 0.1) is 11.1 Å². The number of aryl methyl sites for hydroxylation is 2. The van der Waals surface area contributed by atoms with Gasteiger partial charge in [0.2, 0.25) is 5.91 Å². The van der Waals surface area contributed by atoms with Crippen LogP contribution in [-0.4, -0.2) is 56.7 Å². The van der Waals surface area contributed by atoms with Crippen molar-refractivity contribution in [3.8, 4) is 0 Å². The van der Waals surface area contributed by atoms with Crippen molar-refractivity contribution in [2.24, 2.45) is 13.0 Å². The van der Waals surface area contributed by atoms with E-state index in [1.165, 1.54) is 25.7 Å². The zero-order chi connectivity index (χ0) is 17.6. The monoisotopic (exact) mass is 342 g/mol. The average molecular weight is 342 g/mol. The topological polar surface area (TPSA) is 67.2 Å². The second-order valence-electron chi connectivity index (χ2n) is 7.54. The third kappa shape index (κ3) is 2.85. The highest BCUT2D eigenvalue weighted by molar-refractivity contribution is 5.89. The Morgan fingerprint density at radius 1 is 1.28 bits per heavy atom. The highest BCUT2D eigenvalue weighted by atomic mass is 16.2. The average Bonchev–Trinajstić information content (AvgIpc) is 3.28. The number of rotatable bonds is 4. The lowest BCUT2D eigenvalue weighted by molar-refractivity contribution is -0.129. The van der Waals surface area contributed by atoms with Crippen LogP contribution in [0.25, 0.3) is 11.0 Å². The lowest BCUT2D eigenvalue weighted by atomic mass is 10.1. The summed E-state index contributed by atoms with van der Waals surface area (Å²) in [7, 11) is 3.96. The maximum absolute atomic E-state index is 12.4. The lowest BCUT2D eigenvalue weighted by Crippen LogP contribution is -2.35. The van der Waals surface area contributed by atoms with Crippen molar-refractivity contribution in [2.45, 2.75) is 45.1 Å².